The third-order valence-electron chi connectivity index (χ3n) is 2.73. The zero-order chi connectivity index (χ0) is 11.9. The van der Waals surface area contributed by atoms with E-state index in [1.54, 1.807) is 6.07 Å². The van der Waals surface area contributed by atoms with E-state index >= 15 is 0 Å². The van der Waals surface area contributed by atoms with Crippen molar-refractivity contribution in [2.24, 2.45) is 0 Å². The van der Waals surface area contributed by atoms with Crippen molar-refractivity contribution in [2.75, 3.05) is 6.54 Å². The lowest BCUT2D eigenvalue weighted by molar-refractivity contribution is -0.138. The second-order valence-corrected chi connectivity index (χ2v) is 4.65. The summed E-state index contributed by atoms with van der Waals surface area (Å²) in [5.74, 6) is -1.21. The fourth-order valence-corrected chi connectivity index (χ4v) is 2.29. The Kier molecular flexibility index (Phi) is 2.71. The van der Waals surface area contributed by atoms with Gasteiger partial charge in [-0.2, -0.15) is 0 Å². The second-order valence-electron chi connectivity index (χ2n) is 3.73. The van der Waals surface area contributed by atoms with Crippen molar-refractivity contribution < 1.29 is 14.7 Å². The molecule has 1 aliphatic rings. The fraction of sp³-hybridized carbons (Fsp3) is 0.273. The molecule has 0 saturated carbocycles. The van der Waals surface area contributed by atoms with E-state index < -0.39 is 5.97 Å². The number of benzene rings is 1. The van der Waals surface area contributed by atoms with Crippen LogP contribution in [-0.4, -0.2) is 28.4 Å². The predicted octanol–water partition coefficient (Wildman–Crippen LogP) is 2.05. The number of nitrogens with zero attached hydrogens (tertiary/aromatic N) is 1. The SMILES string of the molecule is C[C@H]1c2ccc(Br)cc2C(=O)N1CC(=O)O. The van der Waals surface area contributed by atoms with Crippen molar-refractivity contribution in [1.29, 1.82) is 0 Å². The number of amides is 1. The Morgan fingerprint density at radius 2 is 2.25 bits per heavy atom. The van der Waals surface area contributed by atoms with Crippen LogP contribution in [-0.2, 0) is 4.79 Å². The molecule has 1 aromatic carbocycles. The zero-order valence-corrected chi connectivity index (χ0v) is 10.2. The van der Waals surface area contributed by atoms with Gasteiger partial charge in [0.2, 0.25) is 0 Å². The third-order valence-corrected chi connectivity index (χ3v) is 3.22. The number of hydrogen-bond acceptors (Lipinski definition) is 2. The van der Waals surface area contributed by atoms with Crippen LogP contribution in [0.15, 0.2) is 22.7 Å². The number of hydrogen-bond donors (Lipinski definition) is 1. The average molecular weight is 284 g/mol. The van der Waals surface area contributed by atoms with Gasteiger partial charge in [0.25, 0.3) is 5.91 Å². The van der Waals surface area contributed by atoms with Crippen LogP contribution in [0.3, 0.4) is 0 Å². The second kappa shape index (κ2) is 3.90. The summed E-state index contributed by atoms with van der Waals surface area (Å²) in [7, 11) is 0. The number of halogens is 1. The van der Waals surface area contributed by atoms with E-state index in [0.717, 1.165) is 10.0 Å². The fourth-order valence-electron chi connectivity index (χ4n) is 1.93. The van der Waals surface area contributed by atoms with E-state index in [-0.39, 0.29) is 18.5 Å². The van der Waals surface area contributed by atoms with Gasteiger partial charge in [0.05, 0.1) is 6.04 Å². The van der Waals surface area contributed by atoms with Crippen LogP contribution in [0.4, 0.5) is 0 Å². The molecule has 0 spiro atoms. The van der Waals surface area contributed by atoms with Crippen LogP contribution in [0.1, 0.15) is 28.9 Å². The van der Waals surface area contributed by atoms with Gasteiger partial charge < -0.3 is 10.0 Å². The Morgan fingerprint density at radius 1 is 1.56 bits per heavy atom. The van der Waals surface area contributed by atoms with Crippen molar-refractivity contribution in [2.45, 2.75) is 13.0 Å². The summed E-state index contributed by atoms with van der Waals surface area (Å²) in [4.78, 5) is 24.0. The maximum Gasteiger partial charge on any atom is 0.323 e. The Bertz CT molecular complexity index is 472. The van der Waals surface area contributed by atoms with E-state index in [1.807, 2.05) is 19.1 Å². The lowest BCUT2D eigenvalue weighted by Gasteiger charge is -2.19. The molecule has 0 radical (unpaired) electrons. The molecule has 0 bridgehead atoms. The summed E-state index contributed by atoms with van der Waals surface area (Å²) in [5.41, 5.74) is 1.47. The summed E-state index contributed by atoms with van der Waals surface area (Å²) in [6, 6.07) is 5.26. The molecular formula is C11H10BrNO3. The van der Waals surface area contributed by atoms with Crippen LogP contribution in [0.25, 0.3) is 0 Å². The van der Waals surface area contributed by atoms with Gasteiger partial charge in [0, 0.05) is 10.0 Å². The summed E-state index contributed by atoms with van der Waals surface area (Å²) in [6.45, 7) is 1.58. The van der Waals surface area contributed by atoms with Crippen LogP contribution >= 0.6 is 15.9 Å². The van der Waals surface area contributed by atoms with Crippen LogP contribution in [0.5, 0.6) is 0 Å². The number of fused-ring (bicyclic) bond motifs is 1. The number of aliphatic carboxylic acids is 1. The van der Waals surface area contributed by atoms with Crippen LogP contribution in [0, 0.1) is 0 Å². The van der Waals surface area contributed by atoms with Crippen LogP contribution < -0.4 is 0 Å². The molecule has 1 aromatic rings. The summed E-state index contributed by atoms with van der Waals surface area (Å²) >= 11 is 3.30. The highest BCUT2D eigenvalue weighted by Crippen LogP contribution is 2.34. The molecule has 84 valence electrons. The van der Waals surface area contributed by atoms with Gasteiger partial charge in [0.1, 0.15) is 6.54 Å². The van der Waals surface area contributed by atoms with Crippen molar-refractivity contribution in [1.82, 2.24) is 4.90 Å². The smallest absolute Gasteiger partial charge is 0.323 e. The third kappa shape index (κ3) is 1.71. The first-order valence-electron chi connectivity index (χ1n) is 4.83. The van der Waals surface area contributed by atoms with E-state index in [9.17, 15) is 9.59 Å². The molecule has 0 aromatic heterocycles. The number of carboxylic acids is 1. The summed E-state index contributed by atoms with van der Waals surface area (Å²) < 4.78 is 0.823. The molecule has 0 aliphatic carbocycles. The van der Waals surface area contributed by atoms with Crippen molar-refractivity contribution in [3.05, 3.63) is 33.8 Å². The minimum atomic E-state index is -0.993. The van der Waals surface area contributed by atoms with Gasteiger partial charge in [-0.3, -0.25) is 9.59 Å². The highest BCUT2D eigenvalue weighted by Gasteiger charge is 2.34. The Labute approximate surface area is 101 Å². The highest BCUT2D eigenvalue weighted by atomic mass is 79.9. The molecule has 2 rings (SSSR count). The first-order valence-corrected chi connectivity index (χ1v) is 5.62. The van der Waals surface area contributed by atoms with Crippen molar-refractivity contribution in [3.8, 4) is 0 Å². The lowest BCUT2D eigenvalue weighted by atomic mass is 10.1. The number of carbonyl (C=O) groups is 2. The monoisotopic (exact) mass is 283 g/mol. The minimum absolute atomic E-state index is 0.174. The molecule has 1 aliphatic heterocycles. The minimum Gasteiger partial charge on any atom is -0.480 e. The van der Waals surface area contributed by atoms with Gasteiger partial charge in [0.15, 0.2) is 0 Å². The molecule has 1 atom stereocenters. The molecule has 1 heterocycles. The van der Waals surface area contributed by atoms with Crippen molar-refractivity contribution in [3.63, 3.8) is 0 Å². The standard InChI is InChI=1S/C11H10BrNO3/c1-6-8-3-2-7(12)4-9(8)11(16)13(6)5-10(14)15/h2-4,6H,5H2,1H3,(H,14,15)/t6-/m0/s1. The zero-order valence-electron chi connectivity index (χ0n) is 8.61. The largest absolute Gasteiger partial charge is 0.480 e. The summed E-state index contributed by atoms with van der Waals surface area (Å²) in [6.07, 6.45) is 0. The van der Waals surface area contributed by atoms with Gasteiger partial charge >= 0.3 is 5.97 Å². The highest BCUT2D eigenvalue weighted by molar-refractivity contribution is 9.10. The Balaban J connectivity index is 2.40. The maximum absolute atomic E-state index is 11.9. The summed E-state index contributed by atoms with van der Waals surface area (Å²) in [5, 5.41) is 8.74. The normalized spacial score (nSPS) is 18.8. The predicted molar refractivity (Wildman–Crippen MR) is 61.2 cm³/mol. The van der Waals surface area contributed by atoms with E-state index in [2.05, 4.69) is 15.9 Å². The Morgan fingerprint density at radius 3 is 2.88 bits per heavy atom. The molecule has 16 heavy (non-hydrogen) atoms. The molecular weight excluding hydrogens is 274 g/mol. The van der Waals surface area contributed by atoms with E-state index in [0.29, 0.717) is 5.56 Å². The van der Waals surface area contributed by atoms with Gasteiger partial charge in [-0.1, -0.05) is 22.0 Å². The topological polar surface area (TPSA) is 57.6 Å². The quantitative estimate of drug-likeness (QED) is 0.904. The van der Waals surface area contributed by atoms with Gasteiger partial charge in [-0.15, -0.1) is 0 Å². The van der Waals surface area contributed by atoms with E-state index in [1.165, 1.54) is 4.90 Å². The molecule has 0 unspecified atom stereocenters. The number of rotatable bonds is 2. The maximum atomic E-state index is 11.9. The number of carboxylic acid groups (broad SMARTS) is 1. The number of carbonyl (C=O) groups excluding carboxylic acids is 1. The molecule has 5 heteroatoms. The average Bonchev–Trinajstić information content (AvgIpc) is 2.43. The first-order chi connectivity index (χ1) is 7.50. The van der Waals surface area contributed by atoms with Crippen LogP contribution in [0.2, 0.25) is 0 Å². The molecule has 4 nitrogen and oxygen atoms in total. The van der Waals surface area contributed by atoms with Gasteiger partial charge in [-0.25, -0.2) is 0 Å². The molecule has 0 fully saturated rings. The molecule has 1 N–H and O–H groups in total. The Hall–Kier alpha value is -1.36. The first kappa shape index (κ1) is 11.1. The molecule has 1 amide bonds. The van der Waals surface area contributed by atoms with E-state index in [4.69, 9.17) is 5.11 Å². The molecule has 0 saturated heterocycles. The van der Waals surface area contributed by atoms with Crippen molar-refractivity contribution >= 4 is 27.8 Å². The lowest BCUT2D eigenvalue weighted by Crippen LogP contribution is -2.32. The van der Waals surface area contributed by atoms with Gasteiger partial charge in [-0.05, 0) is 24.6 Å².